The van der Waals surface area contributed by atoms with Gasteiger partial charge in [0.1, 0.15) is 6.04 Å². The van der Waals surface area contributed by atoms with Crippen molar-refractivity contribution in [2.45, 2.75) is 69.9 Å². The van der Waals surface area contributed by atoms with Gasteiger partial charge >= 0.3 is 0 Å². The zero-order valence-electron chi connectivity index (χ0n) is 18.8. The maximum Gasteiger partial charge on any atom is 0.245 e. The van der Waals surface area contributed by atoms with Crippen molar-refractivity contribution in [3.8, 4) is 0 Å². The van der Waals surface area contributed by atoms with Gasteiger partial charge in [-0.1, -0.05) is 26.0 Å². The van der Waals surface area contributed by atoms with Crippen molar-refractivity contribution < 1.29 is 9.59 Å². The summed E-state index contributed by atoms with van der Waals surface area (Å²) < 4.78 is 0. The molecule has 1 aromatic rings. The van der Waals surface area contributed by atoms with Crippen LogP contribution in [-0.4, -0.2) is 36.1 Å². The molecule has 4 bridgehead atoms. The summed E-state index contributed by atoms with van der Waals surface area (Å²) >= 11 is 1.71. The molecule has 5 heteroatoms. The Bertz CT molecular complexity index is 754. The number of hydrogen-bond acceptors (Lipinski definition) is 3. The molecule has 1 N–H and O–H groups in total. The third kappa shape index (κ3) is 4.28. The van der Waals surface area contributed by atoms with Gasteiger partial charge in [0.25, 0.3) is 0 Å². The number of thioether (sulfide) groups is 1. The fourth-order valence-electron chi connectivity index (χ4n) is 6.52. The number of benzene rings is 1. The molecule has 0 saturated heterocycles. The molecule has 4 nitrogen and oxygen atoms in total. The molecule has 164 valence electrons. The molecule has 5 rings (SSSR count). The zero-order valence-corrected chi connectivity index (χ0v) is 19.6. The third-order valence-electron chi connectivity index (χ3n) is 7.69. The predicted molar refractivity (Wildman–Crippen MR) is 122 cm³/mol. The van der Waals surface area contributed by atoms with Crippen molar-refractivity contribution in [3.63, 3.8) is 0 Å². The molecular weight excluding hydrogens is 392 g/mol. The van der Waals surface area contributed by atoms with Crippen LogP contribution in [0.3, 0.4) is 0 Å². The van der Waals surface area contributed by atoms with Crippen LogP contribution in [0.5, 0.6) is 0 Å². The summed E-state index contributed by atoms with van der Waals surface area (Å²) in [4.78, 5) is 29.7. The number of likely N-dealkylation sites (N-methyl/N-ethyl adjacent to an activating group) is 1. The second kappa shape index (κ2) is 8.57. The van der Waals surface area contributed by atoms with E-state index in [-0.39, 0.29) is 23.1 Å². The van der Waals surface area contributed by atoms with E-state index >= 15 is 0 Å². The summed E-state index contributed by atoms with van der Waals surface area (Å²) in [7, 11) is 1.84. The van der Waals surface area contributed by atoms with Crippen molar-refractivity contribution in [3.05, 3.63) is 29.8 Å². The molecular formula is C25H36N2O2S. The van der Waals surface area contributed by atoms with Crippen molar-refractivity contribution in [2.24, 2.45) is 29.1 Å². The summed E-state index contributed by atoms with van der Waals surface area (Å²) in [5.41, 5.74) is 0.896. The van der Waals surface area contributed by atoms with Gasteiger partial charge < -0.3 is 10.2 Å². The van der Waals surface area contributed by atoms with Crippen LogP contribution in [0.1, 0.15) is 57.9 Å². The lowest BCUT2D eigenvalue weighted by Crippen LogP contribution is -2.58. The number of carbonyl (C=O) groups excluding carboxylic acids is 2. The lowest BCUT2D eigenvalue weighted by molar-refractivity contribution is -0.150. The molecule has 4 fully saturated rings. The summed E-state index contributed by atoms with van der Waals surface area (Å²) in [5, 5.41) is 3.22. The van der Waals surface area contributed by atoms with E-state index in [2.05, 4.69) is 35.8 Å². The highest BCUT2D eigenvalue weighted by molar-refractivity contribution is 7.98. The van der Waals surface area contributed by atoms with E-state index < -0.39 is 6.04 Å². The van der Waals surface area contributed by atoms with E-state index in [9.17, 15) is 9.59 Å². The first-order chi connectivity index (χ1) is 14.3. The molecule has 0 aromatic heterocycles. The van der Waals surface area contributed by atoms with E-state index in [0.717, 1.165) is 42.6 Å². The average molecular weight is 429 g/mol. The molecule has 1 aromatic carbocycles. The standard InChI is InChI=1S/C25H36N2O2S/c1-16(2)22(23(28)27(3)15-17-5-7-21(30-4)8-6-17)26-24(29)25-12-18-9-19(13-25)11-20(10-18)14-25/h5-8,16,18-20,22H,9-15H2,1-4H3,(H,26,29)/t18?,19?,20?,22-,25?/m1/s1. The highest BCUT2D eigenvalue weighted by Gasteiger charge is 2.55. The van der Waals surface area contributed by atoms with Crippen LogP contribution in [0.15, 0.2) is 29.2 Å². The Labute approximate surface area is 185 Å². The third-order valence-corrected chi connectivity index (χ3v) is 8.44. The largest absolute Gasteiger partial charge is 0.344 e. The number of carbonyl (C=O) groups is 2. The topological polar surface area (TPSA) is 49.4 Å². The normalized spacial score (nSPS) is 30.4. The number of nitrogens with one attached hydrogen (secondary N) is 1. The molecule has 4 aliphatic carbocycles. The van der Waals surface area contributed by atoms with Gasteiger partial charge in [-0.2, -0.15) is 0 Å². The second-order valence-corrected chi connectivity index (χ2v) is 11.3. The highest BCUT2D eigenvalue weighted by atomic mass is 32.2. The lowest BCUT2D eigenvalue weighted by Gasteiger charge is -2.56. The average Bonchev–Trinajstić information content (AvgIpc) is 2.70. The van der Waals surface area contributed by atoms with Gasteiger partial charge in [0, 0.05) is 23.9 Å². The minimum absolute atomic E-state index is 0.0111. The maximum absolute atomic E-state index is 13.5. The van der Waals surface area contributed by atoms with Gasteiger partial charge in [0.2, 0.25) is 11.8 Å². The number of rotatable bonds is 7. The molecule has 0 spiro atoms. The fraction of sp³-hybridized carbons (Fsp3) is 0.680. The Kier molecular flexibility index (Phi) is 6.20. The molecule has 0 unspecified atom stereocenters. The fourth-order valence-corrected chi connectivity index (χ4v) is 6.93. The predicted octanol–water partition coefficient (Wildman–Crippen LogP) is 4.72. The van der Waals surface area contributed by atoms with E-state index in [4.69, 9.17) is 0 Å². The molecule has 0 radical (unpaired) electrons. The summed E-state index contributed by atoms with van der Waals surface area (Å²) in [6, 6.07) is 7.88. The monoisotopic (exact) mass is 428 g/mol. The van der Waals surface area contributed by atoms with Crippen LogP contribution in [0.2, 0.25) is 0 Å². The van der Waals surface area contributed by atoms with Gasteiger partial charge in [-0.25, -0.2) is 0 Å². The van der Waals surface area contributed by atoms with Gasteiger partial charge in [-0.05, 0) is 86.1 Å². The van der Waals surface area contributed by atoms with Crippen LogP contribution in [0, 0.1) is 29.1 Å². The van der Waals surface area contributed by atoms with Gasteiger partial charge in [-0.15, -0.1) is 11.8 Å². The Morgan fingerprint density at radius 1 is 1.07 bits per heavy atom. The van der Waals surface area contributed by atoms with E-state index in [1.165, 1.54) is 24.2 Å². The summed E-state index contributed by atoms with van der Waals surface area (Å²) in [6.45, 7) is 4.62. The minimum atomic E-state index is -0.457. The number of nitrogens with zero attached hydrogens (tertiary/aromatic N) is 1. The zero-order chi connectivity index (χ0) is 21.5. The first-order valence-corrected chi connectivity index (χ1v) is 12.7. The molecule has 2 amide bonds. The quantitative estimate of drug-likeness (QED) is 0.639. The van der Waals surface area contributed by atoms with Gasteiger partial charge in [-0.3, -0.25) is 9.59 Å². The van der Waals surface area contributed by atoms with Crippen LogP contribution < -0.4 is 5.32 Å². The van der Waals surface area contributed by atoms with Crippen molar-refractivity contribution in [1.82, 2.24) is 10.2 Å². The second-order valence-electron chi connectivity index (χ2n) is 10.4. The first kappa shape index (κ1) is 21.7. The Morgan fingerprint density at radius 2 is 1.60 bits per heavy atom. The number of amides is 2. The van der Waals surface area contributed by atoms with E-state index in [0.29, 0.717) is 6.54 Å². The van der Waals surface area contributed by atoms with Gasteiger partial charge in [0.05, 0.1) is 0 Å². The number of hydrogen-bond donors (Lipinski definition) is 1. The van der Waals surface area contributed by atoms with Crippen LogP contribution in [0.25, 0.3) is 0 Å². The van der Waals surface area contributed by atoms with Crippen LogP contribution >= 0.6 is 11.8 Å². The smallest absolute Gasteiger partial charge is 0.245 e. The van der Waals surface area contributed by atoms with Crippen molar-refractivity contribution in [1.29, 1.82) is 0 Å². The maximum atomic E-state index is 13.5. The SMILES string of the molecule is CSc1ccc(CN(C)C(=O)[C@H](NC(=O)C23CC4CC(CC(C4)C2)C3)C(C)C)cc1. The van der Waals surface area contributed by atoms with Crippen molar-refractivity contribution >= 4 is 23.6 Å². The summed E-state index contributed by atoms with van der Waals surface area (Å²) in [6.07, 6.45) is 9.10. The Hall–Kier alpha value is -1.49. The minimum Gasteiger partial charge on any atom is -0.344 e. The van der Waals surface area contributed by atoms with E-state index in [1.54, 1.807) is 16.7 Å². The van der Waals surface area contributed by atoms with Crippen LogP contribution in [0.4, 0.5) is 0 Å². The first-order valence-electron chi connectivity index (χ1n) is 11.5. The highest BCUT2D eigenvalue weighted by Crippen LogP contribution is 2.60. The Morgan fingerprint density at radius 3 is 2.07 bits per heavy atom. The van der Waals surface area contributed by atoms with E-state index in [1.807, 2.05) is 20.9 Å². The molecule has 0 aliphatic heterocycles. The molecule has 30 heavy (non-hydrogen) atoms. The molecule has 0 heterocycles. The van der Waals surface area contributed by atoms with Crippen molar-refractivity contribution in [2.75, 3.05) is 13.3 Å². The Balaban J connectivity index is 1.42. The lowest BCUT2D eigenvalue weighted by atomic mass is 9.49. The van der Waals surface area contributed by atoms with Crippen LogP contribution in [-0.2, 0) is 16.1 Å². The molecule has 4 saturated carbocycles. The molecule has 1 atom stereocenters. The summed E-state index contributed by atoms with van der Waals surface area (Å²) in [5.74, 6) is 2.39. The molecule has 4 aliphatic rings. The van der Waals surface area contributed by atoms with Gasteiger partial charge in [0.15, 0.2) is 0 Å².